The number of halogens is 3. The molecule has 0 radical (unpaired) electrons. The molecular weight excluding hydrogens is 393 g/mol. The largest absolute Gasteiger partial charge is 0.461 e. The highest BCUT2D eigenvalue weighted by atomic mass is 79.9. The summed E-state index contributed by atoms with van der Waals surface area (Å²) in [5, 5.41) is 3.51. The van der Waals surface area contributed by atoms with E-state index in [0.717, 1.165) is 6.42 Å². The van der Waals surface area contributed by atoms with Crippen LogP contribution in [0, 0.1) is 23.7 Å². The summed E-state index contributed by atoms with van der Waals surface area (Å²) in [6.07, 6.45) is 0.763. The Morgan fingerprint density at radius 3 is 2.86 bits per heavy atom. The number of carbonyl (C=O) groups excluding carboxylic acids is 2. The van der Waals surface area contributed by atoms with Crippen molar-refractivity contribution in [3.63, 3.8) is 0 Å². The van der Waals surface area contributed by atoms with Crippen molar-refractivity contribution in [3.05, 3.63) is 28.2 Å². The Kier molecular flexibility index (Phi) is 3.44. The van der Waals surface area contributed by atoms with Gasteiger partial charge in [-0.1, -0.05) is 45.2 Å². The van der Waals surface area contributed by atoms with Gasteiger partial charge in [-0.15, -0.1) is 0 Å². The van der Waals surface area contributed by atoms with Crippen LogP contribution in [0.1, 0.15) is 6.42 Å². The molecule has 4 nitrogen and oxygen atoms in total. The van der Waals surface area contributed by atoms with E-state index in [1.807, 2.05) is 0 Å². The normalized spacial score (nSPS) is 38.2. The molecule has 116 valence electrons. The predicted octanol–water partition coefficient (Wildman–Crippen LogP) is 3.50. The smallest absolute Gasteiger partial charge is 0.310 e. The molecule has 1 aromatic rings. The van der Waals surface area contributed by atoms with E-state index >= 15 is 0 Å². The number of esters is 1. The van der Waals surface area contributed by atoms with E-state index in [1.54, 1.807) is 18.2 Å². The molecule has 3 aliphatic rings. The van der Waals surface area contributed by atoms with Crippen LogP contribution in [-0.2, 0) is 14.3 Å². The van der Waals surface area contributed by atoms with Crippen molar-refractivity contribution in [3.8, 4) is 0 Å². The lowest BCUT2D eigenvalue weighted by molar-refractivity contribution is -0.145. The Labute approximate surface area is 145 Å². The lowest BCUT2D eigenvalue weighted by Crippen LogP contribution is -2.40. The first-order valence-electron chi connectivity index (χ1n) is 7.08. The molecule has 6 atom stereocenters. The number of alkyl halides is 1. The Morgan fingerprint density at radius 1 is 1.32 bits per heavy atom. The number of ether oxygens (including phenoxy) is 1. The van der Waals surface area contributed by atoms with E-state index in [2.05, 4.69) is 21.2 Å². The molecule has 1 aromatic carbocycles. The van der Waals surface area contributed by atoms with Crippen LogP contribution in [0.2, 0.25) is 10.0 Å². The quantitative estimate of drug-likeness (QED) is 0.606. The number of benzene rings is 1. The van der Waals surface area contributed by atoms with Gasteiger partial charge in [0.2, 0.25) is 5.91 Å². The van der Waals surface area contributed by atoms with Crippen LogP contribution in [-0.4, -0.2) is 22.8 Å². The van der Waals surface area contributed by atoms with Gasteiger partial charge in [0.15, 0.2) is 0 Å². The van der Waals surface area contributed by atoms with E-state index in [4.69, 9.17) is 27.9 Å². The summed E-state index contributed by atoms with van der Waals surface area (Å²) in [5.41, 5.74) is 0.468. The van der Waals surface area contributed by atoms with Gasteiger partial charge in [0, 0.05) is 5.92 Å². The van der Waals surface area contributed by atoms with Gasteiger partial charge in [0.1, 0.15) is 6.10 Å². The van der Waals surface area contributed by atoms with Crippen LogP contribution in [0.5, 0.6) is 0 Å². The summed E-state index contributed by atoms with van der Waals surface area (Å²) in [5.74, 6) is -0.894. The summed E-state index contributed by atoms with van der Waals surface area (Å²) in [6, 6.07) is 5.07. The number of rotatable bonds is 2. The van der Waals surface area contributed by atoms with Gasteiger partial charge in [-0.25, -0.2) is 0 Å². The molecule has 2 aliphatic carbocycles. The Hall–Kier alpha value is -0.780. The monoisotopic (exact) mass is 403 g/mol. The fraction of sp³-hybridized carbons (Fsp3) is 0.467. The second-order valence-corrected chi connectivity index (χ2v) is 7.89. The van der Waals surface area contributed by atoms with Crippen molar-refractivity contribution in [1.29, 1.82) is 0 Å². The minimum absolute atomic E-state index is 0.0470. The van der Waals surface area contributed by atoms with Crippen molar-refractivity contribution in [2.75, 3.05) is 5.32 Å². The Balaban J connectivity index is 1.61. The molecule has 1 amide bonds. The molecular formula is C15H12BrCl2NO3. The molecule has 1 N–H and O–H groups in total. The highest BCUT2D eigenvalue weighted by Crippen LogP contribution is 2.60. The van der Waals surface area contributed by atoms with Crippen LogP contribution >= 0.6 is 39.1 Å². The maximum Gasteiger partial charge on any atom is 0.310 e. The van der Waals surface area contributed by atoms with E-state index in [9.17, 15) is 9.59 Å². The minimum Gasteiger partial charge on any atom is -0.461 e. The third-order valence-corrected chi connectivity index (χ3v) is 7.05. The topological polar surface area (TPSA) is 55.4 Å². The summed E-state index contributed by atoms with van der Waals surface area (Å²) < 4.78 is 5.41. The highest BCUT2D eigenvalue weighted by Gasteiger charge is 2.67. The number of anilines is 1. The molecule has 1 aliphatic heterocycles. The Bertz CT molecular complexity index is 683. The van der Waals surface area contributed by atoms with E-state index in [1.165, 1.54) is 0 Å². The maximum absolute atomic E-state index is 12.7. The van der Waals surface area contributed by atoms with E-state index < -0.39 is 0 Å². The molecule has 3 fully saturated rings. The van der Waals surface area contributed by atoms with Crippen LogP contribution in [0.4, 0.5) is 5.69 Å². The first-order valence-corrected chi connectivity index (χ1v) is 8.75. The average molecular weight is 405 g/mol. The molecule has 4 rings (SSSR count). The summed E-state index contributed by atoms with van der Waals surface area (Å²) in [7, 11) is 0. The minimum atomic E-state index is -0.379. The fourth-order valence-electron chi connectivity index (χ4n) is 4.15. The zero-order chi connectivity index (χ0) is 15.6. The second kappa shape index (κ2) is 5.11. The molecule has 0 unspecified atom stereocenters. The van der Waals surface area contributed by atoms with Gasteiger partial charge in [0.05, 0.1) is 32.4 Å². The van der Waals surface area contributed by atoms with Gasteiger partial charge in [-0.2, -0.15) is 0 Å². The zero-order valence-corrected chi connectivity index (χ0v) is 14.4. The van der Waals surface area contributed by atoms with Gasteiger partial charge in [-0.05, 0) is 24.5 Å². The zero-order valence-electron chi connectivity index (χ0n) is 11.3. The fourth-order valence-corrected chi connectivity index (χ4v) is 5.54. The van der Waals surface area contributed by atoms with Gasteiger partial charge in [-0.3, -0.25) is 9.59 Å². The standard InChI is InChI=1S/C15H12BrCl2NO3/c16-11-5-4-6-10(15(21)22-13(6)11)9(5)14(20)19-8-3-1-2-7(17)12(8)18/h1-3,5-6,9-11,13H,4H2,(H,19,20)/t5-,6-,9-,10+,11+,13+/m1/s1. The van der Waals surface area contributed by atoms with E-state index in [0.29, 0.717) is 15.7 Å². The lowest BCUT2D eigenvalue weighted by atomic mass is 9.79. The molecule has 2 bridgehead atoms. The maximum atomic E-state index is 12.7. The molecule has 0 aromatic heterocycles. The first-order chi connectivity index (χ1) is 10.5. The second-order valence-electron chi connectivity index (χ2n) is 6.05. The van der Waals surface area contributed by atoms with Crippen LogP contribution in [0.3, 0.4) is 0 Å². The molecule has 1 heterocycles. The number of hydrogen-bond donors (Lipinski definition) is 1. The third-order valence-electron chi connectivity index (χ3n) is 5.04. The number of carbonyl (C=O) groups is 2. The van der Waals surface area contributed by atoms with Crippen molar-refractivity contribution >= 4 is 56.7 Å². The lowest BCUT2D eigenvalue weighted by Gasteiger charge is -2.27. The van der Waals surface area contributed by atoms with E-state index in [-0.39, 0.29) is 46.5 Å². The molecule has 22 heavy (non-hydrogen) atoms. The molecule has 7 heteroatoms. The predicted molar refractivity (Wildman–Crippen MR) is 86.3 cm³/mol. The number of amides is 1. The number of hydrogen-bond acceptors (Lipinski definition) is 3. The first kappa shape index (κ1) is 14.8. The SMILES string of the molecule is O=C(Nc1cccc(Cl)c1Cl)[C@@H]1[C@H]2C[C@H]3[C@H](OC(=O)[C@@H]31)[C@H]2Br. The third kappa shape index (κ3) is 1.95. The van der Waals surface area contributed by atoms with Crippen LogP contribution < -0.4 is 5.32 Å². The Morgan fingerprint density at radius 2 is 2.09 bits per heavy atom. The summed E-state index contributed by atoms with van der Waals surface area (Å²) >= 11 is 15.7. The van der Waals surface area contributed by atoms with Gasteiger partial charge >= 0.3 is 5.97 Å². The molecule has 1 saturated heterocycles. The molecule has 2 saturated carbocycles. The van der Waals surface area contributed by atoms with Crippen molar-refractivity contribution in [1.82, 2.24) is 0 Å². The van der Waals surface area contributed by atoms with Crippen molar-refractivity contribution in [2.24, 2.45) is 23.7 Å². The molecule has 0 spiro atoms. The van der Waals surface area contributed by atoms with Gasteiger partial charge < -0.3 is 10.1 Å². The number of fused-ring (bicyclic) bond motifs is 1. The van der Waals surface area contributed by atoms with Crippen molar-refractivity contribution in [2.45, 2.75) is 17.4 Å². The average Bonchev–Trinajstić information content (AvgIpc) is 3.08. The summed E-state index contributed by atoms with van der Waals surface area (Å²) in [4.78, 5) is 24.8. The van der Waals surface area contributed by atoms with Crippen LogP contribution in [0.25, 0.3) is 0 Å². The summed E-state index contributed by atoms with van der Waals surface area (Å²) in [6.45, 7) is 0. The van der Waals surface area contributed by atoms with Crippen molar-refractivity contribution < 1.29 is 14.3 Å². The van der Waals surface area contributed by atoms with Gasteiger partial charge in [0.25, 0.3) is 0 Å². The number of nitrogens with one attached hydrogen (secondary N) is 1. The van der Waals surface area contributed by atoms with Crippen LogP contribution in [0.15, 0.2) is 18.2 Å². The highest BCUT2D eigenvalue weighted by molar-refractivity contribution is 9.09.